The molecule has 3 heteroatoms. The maximum absolute atomic E-state index is 13.1. The van der Waals surface area contributed by atoms with E-state index in [1.807, 2.05) is 38.1 Å². The summed E-state index contributed by atoms with van der Waals surface area (Å²) in [6, 6.07) is 6.41. The standard InChI is InChI=1S/C16H19FO2/c1-5-14(16(19-4)12(2)18-3)10-9-13-7-6-8-15(17)11-13/h5-11H,1-4H3/b10-9+,14-5-,16-12-. The lowest BCUT2D eigenvalue weighted by atomic mass is 10.1. The van der Waals surface area contributed by atoms with E-state index < -0.39 is 0 Å². The highest BCUT2D eigenvalue weighted by Crippen LogP contribution is 2.19. The van der Waals surface area contributed by atoms with Gasteiger partial charge >= 0.3 is 0 Å². The first kappa shape index (κ1) is 15.0. The zero-order chi connectivity index (χ0) is 14.3. The Labute approximate surface area is 113 Å². The van der Waals surface area contributed by atoms with Crippen LogP contribution < -0.4 is 0 Å². The summed E-state index contributed by atoms with van der Waals surface area (Å²) in [7, 11) is 3.19. The average molecular weight is 262 g/mol. The van der Waals surface area contributed by atoms with Crippen molar-refractivity contribution in [2.45, 2.75) is 13.8 Å². The lowest BCUT2D eigenvalue weighted by Gasteiger charge is -2.10. The van der Waals surface area contributed by atoms with Crippen molar-refractivity contribution in [2.75, 3.05) is 14.2 Å². The first-order valence-corrected chi connectivity index (χ1v) is 6.01. The normalized spacial score (nSPS) is 13.4. The Morgan fingerprint density at radius 3 is 2.47 bits per heavy atom. The van der Waals surface area contributed by atoms with E-state index in [0.29, 0.717) is 11.5 Å². The van der Waals surface area contributed by atoms with Crippen LogP contribution in [0.1, 0.15) is 19.4 Å². The smallest absolute Gasteiger partial charge is 0.162 e. The molecule has 0 atom stereocenters. The van der Waals surface area contributed by atoms with E-state index in [1.165, 1.54) is 12.1 Å². The number of rotatable bonds is 5. The molecule has 0 saturated heterocycles. The highest BCUT2D eigenvalue weighted by Gasteiger charge is 2.06. The second kappa shape index (κ2) is 7.41. The van der Waals surface area contributed by atoms with Gasteiger partial charge in [-0.05, 0) is 31.5 Å². The molecule has 0 saturated carbocycles. The van der Waals surface area contributed by atoms with Crippen LogP contribution in [0.4, 0.5) is 4.39 Å². The second-order valence-corrected chi connectivity index (χ2v) is 3.93. The fourth-order valence-corrected chi connectivity index (χ4v) is 1.66. The van der Waals surface area contributed by atoms with Crippen molar-refractivity contribution in [2.24, 2.45) is 0 Å². The predicted molar refractivity (Wildman–Crippen MR) is 75.9 cm³/mol. The minimum absolute atomic E-state index is 0.250. The molecule has 1 rings (SSSR count). The van der Waals surface area contributed by atoms with Crippen molar-refractivity contribution < 1.29 is 13.9 Å². The minimum atomic E-state index is -0.250. The van der Waals surface area contributed by atoms with E-state index in [1.54, 1.807) is 20.3 Å². The molecule has 0 unspecified atom stereocenters. The maximum Gasteiger partial charge on any atom is 0.162 e. The van der Waals surface area contributed by atoms with Crippen molar-refractivity contribution in [3.63, 3.8) is 0 Å². The summed E-state index contributed by atoms with van der Waals surface area (Å²) in [4.78, 5) is 0. The molecule has 2 nitrogen and oxygen atoms in total. The first-order chi connectivity index (χ1) is 9.12. The Kier molecular flexibility index (Phi) is 5.86. The molecular weight excluding hydrogens is 243 g/mol. The quantitative estimate of drug-likeness (QED) is 0.581. The number of halogens is 1. The van der Waals surface area contributed by atoms with Gasteiger partial charge in [0.15, 0.2) is 5.76 Å². The van der Waals surface area contributed by atoms with Crippen LogP contribution in [-0.4, -0.2) is 14.2 Å². The molecule has 0 aliphatic rings. The van der Waals surface area contributed by atoms with Crippen LogP contribution in [0.2, 0.25) is 0 Å². The van der Waals surface area contributed by atoms with Crippen LogP contribution >= 0.6 is 0 Å². The summed E-state index contributed by atoms with van der Waals surface area (Å²) in [6.45, 7) is 3.74. The van der Waals surface area contributed by atoms with Crippen LogP contribution in [0.3, 0.4) is 0 Å². The molecule has 0 aliphatic heterocycles. The Balaban J connectivity index is 3.01. The van der Waals surface area contributed by atoms with Gasteiger partial charge in [-0.15, -0.1) is 0 Å². The van der Waals surface area contributed by atoms with Gasteiger partial charge in [0.25, 0.3) is 0 Å². The zero-order valence-electron chi connectivity index (χ0n) is 11.7. The molecule has 0 bridgehead atoms. The van der Waals surface area contributed by atoms with Crippen molar-refractivity contribution in [3.8, 4) is 0 Å². The van der Waals surface area contributed by atoms with E-state index in [-0.39, 0.29) is 5.82 Å². The highest BCUT2D eigenvalue weighted by molar-refractivity contribution is 5.55. The van der Waals surface area contributed by atoms with Gasteiger partial charge in [-0.2, -0.15) is 0 Å². The zero-order valence-corrected chi connectivity index (χ0v) is 11.7. The number of hydrogen-bond donors (Lipinski definition) is 0. The Hall–Kier alpha value is -2.03. The monoisotopic (exact) mass is 262 g/mol. The Morgan fingerprint density at radius 2 is 1.95 bits per heavy atom. The predicted octanol–water partition coefficient (Wildman–Crippen LogP) is 4.31. The molecule has 1 aromatic rings. The molecule has 0 spiro atoms. The number of hydrogen-bond acceptors (Lipinski definition) is 2. The van der Waals surface area contributed by atoms with Gasteiger partial charge in [0.05, 0.1) is 14.2 Å². The van der Waals surface area contributed by atoms with Crippen LogP contribution in [-0.2, 0) is 9.47 Å². The van der Waals surface area contributed by atoms with Crippen LogP contribution in [0.5, 0.6) is 0 Å². The van der Waals surface area contributed by atoms with E-state index >= 15 is 0 Å². The van der Waals surface area contributed by atoms with Gasteiger partial charge in [-0.3, -0.25) is 0 Å². The number of ether oxygens (including phenoxy) is 2. The van der Waals surface area contributed by atoms with Gasteiger partial charge in [-0.25, -0.2) is 4.39 Å². The largest absolute Gasteiger partial charge is 0.498 e. The topological polar surface area (TPSA) is 18.5 Å². The number of benzene rings is 1. The summed E-state index contributed by atoms with van der Waals surface area (Å²) in [5.41, 5.74) is 1.68. The summed E-state index contributed by atoms with van der Waals surface area (Å²) in [5.74, 6) is 1.11. The van der Waals surface area contributed by atoms with Crippen molar-refractivity contribution in [1.82, 2.24) is 0 Å². The number of allylic oxidation sites excluding steroid dienone is 3. The third kappa shape index (κ3) is 4.28. The van der Waals surface area contributed by atoms with Crippen LogP contribution in [0.25, 0.3) is 6.08 Å². The summed E-state index contributed by atoms with van der Waals surface area (Å²) < 4.78 is 23.6. The molecule has 0 radical (unpaired) electrons. The van der Waals surface area contributed by atoms with E-state index in [4.69, 9.17) is 9.47 Å². The van der Waals surface area contributed by atoms with Gasteiger partial charge in [0, 0.05) is 5.57 Å². The second-order valence-electron chi connectivity index (χ2n) is 3.93. The van der Waals surface area contributed by atoms with Crippen LogP contribution in [0.15, 0.2) is 53.5 Å². The fraction of sp³-hybridized carbons (Fsp3) is 0.250. The van der Waals surface area contributed by atoms with Gasteiger partial charge < -0.3 is 9.47 Å². The molecular formula is C16H19FO2. The third-order valence-corrected chi connectivity index (χ3v) is 2.71. The SMILES string of the molecule is C/C=C(/C=C/c1cccc(F)c1)C(\OC)=C(/C)OC. The van der Waals surface area contributed by atoms with E-state index in [2.05, 4.69) is 0 Å². The number of methoxy groups -OCH3 is 2. The van der Waals surface area contributed by atoms with E-state index in [9.17, 15) is 4.39 Å². The molecule has 1 aromatic carbocycles. The average Bonchev–Trinajstić information content (AvgIpc) is 2.42. The van der Waals surface area contributed by atoms with Crippen molar-refractivity contribution in [1.29, 1.82) is 0 Å². The molecule has 0 aromatic heterocycles. The molecule has 0 N–H and O–H groups in total. The Bertz CT molecular complexity index is 513. The fourth-order valence-electron chi connectivity index (χ4n) is 1.66. The van der Waals surface area contributed by atoms with Gasteiger partial charge in [-0.1, -0.05) is 30.4 Å². The minimum Gasteiger partial charge on any atom is -0.498 e. The molecule has 0 fully saturated rings. The molecule has 19 heavy (non-hydrogen) atoms. The lowest BCUT2D eigenvalue weighted by Crippen LogP contribution is -1.96. The third-order valence-electron chi connectivity index (χ3n) is 2.71. The summed E-state index contributed by atoms with van der Waals surface area (Å²) in [5, 5.41) is 0. The van der Waals surface area contributed by atoms with Gasteiger partial charge in [0.2, 0.25) is 0 Å². The Morgan fingerprint density at radius 1 is 1.21 bits per heavy atom. The first-order valence-electron chi connectivity index (χ1n) is 6.01. The summed E-state index contributed by atoms with van der Waals surface area (Å²) >= 11 is 0. The van der Waals surface area contributed by atoms with Crippen molar-refractivity contribution >= 4 is 6.08 Å². The molecule has 0 heterocycles. The lowest BCUT2D eigenvalue weighted by molar-refractivity contribution is 0.230. The van der Waals surface area contributed by atoms with Gasteiger partial charge in [0.1, 0.15) is 11.6 Å². The summed E-state index contributed by atoms with van der Waals surface area (Å²) in [6.07, 6.45) is 5.62. The molecule has 102 valence electrons. The van der Waals surface area contributed by atoms with E-state index in [0.717, 1.165) is 11.1 Å². The highest BCUT2D eigenvalue weighted by atomic mass is 19.1. The molecule has 0 amide bonds. The molecule has 0 aliphatic carbocycles. The van der Waals surface area contributed by atoms with Crippen LogP contribution in [0, 0.1) is 5.82 Å². The maximum atomic E-state index is 13.1. The van der Waals surface area contributed by atoms with Crippen molar-refractivity contribution in [3.05, 3.63) is 64.9 Å².